The van der Waals surface area contributed by atoms with Crippen LogP contribution in [0.4, 0.5) is 19.0 Å². The average Bonchev–Trinajstić information content (AvgIpc) is 3.42. The molecule has 170 valence electrons. The van der Waals surface area contributed by atoms with Crippen molar-refractivity contribution in [3.63, 3.8) is 0 Å². The molecule has 1 atom stereocenters. The number of aromatic nitrogens is 3. The number of rotatable bonds is 5. The van der Waals surface area contributed by atoms with Gasteiger partial charge in [-0.15, -0.1) is 0 Å². The second-order valence-corrected chi connectivity index (χ2v) is 8.30. The van der Waals surface area contributed by atoms with Gasteiger partial charge in [0, 0.05) is 29.3 Å². The van der Waals surface area contributed by atoms with Gasteiger partial charge in [0.05, 0.1) is 24.0 Å². The van der Waals surface area contributed by atoms with Crippen molar-refractivity contribution in [3.8, 4) is 22.4 Å². The molecule has 33 heavy (non-hydrogen) atoms. The van der Waals surface area contributed by atoms with Crippen molar-refractivity contribution in [1.82, 2.24) is 14.6 Å². The van der Waals surface area contributed by atoms with E-state index in [1.54, 1.807) is 28.8 Å². The van der Waals surface area contributed by atoms with E-state index in [-0.39, 0.29) is 24.0 Å². The molecule has 1 saturated heterocycles. The third kappa shape index (κ3) is 3.84. The molecule has 1 fully saturated rings. The van der Waals surface area contributed by atoms with Crippen molar-refractivity contribution < 1.29 is 18.3 Å². The maximum atomic E-state index is 13.6. The summed E-state index contributed by atoms with van der Waals surface area (Å²) in [5, 5.41) is 14.5. The van der Waals surface area contributed by atoms with Gasteiger partial charge in [-0.3, -0.25) is 0 Å². The molecule has 2 aromatic carbocycles. The maximum Gasteiger partial charge on any atom is 0.263 e. The van der Waals surface area contributed by atoms with Gasteiger partial charge in [0.1, 0.15) is 11.6 Å². The van der Waals surface area contributed by atoms with Crippen LogP contribution in [0.25, 0.3) is 28.0 Å². The summed E-state index contributed by atoms with van der Waals surface area (Å²) in [6, 6.07) is 14.2. The molecular formula is C25H23F3N4O. The first-order valence-electron chi connectivity index (χ1n) is 10.9. The molecular weight excluding hydrogens is 429 g/mol. The van der Waals surface area contributed by atoms with E-state index < -0.39 is 6.43 Å². The number of aryl methyl sites for hydroxylation is 1. The summed E-state index contributed by atoms with van der Waals surface area (Å²) < 4.78 is 41.4. The third-order valence-electron chi connectivity index (χ3n) is 6.22. The highest BCUT2D eigenvalue weighted by atomic mass is 19.3. The summed E-state index contributed by atoms with van der Waals surface area (Å²) in [5.74, 6) is 0.365. The van der Waals surface area contributed by atoms with Crippen LogP contribution in [0.1, 0.15) is 30.5 Å². The molecule has 0 spiro atoms. The number of aliphatic hydroxyl groups excluding tert-OH is 1. The van der Waals surface area contributed by atoms with Gasteiger partial charge in [0.2, 0.25) is 0 Å². The summed E-state index contributed by atoms with van der Waals surface area (Å²) in [7, 11) is 0. The van der Waals surface area contributed by atoms with Crippen molar-refractivity contribution in [2.75, 3.05) is 18.1 Å². The highest BCUT2D eigenvalue weighted by molar-refractivity contribution is 5.83. The predicted molar refractivity (Wildman–Crippen MR) is 121 cm³/mol. The molecule has 5 nitrogen and oxygen atoms in total. The number of halogens is 3. The number of benzene rings is 2. The van der Waals surface area contributed by atoms with Gasteiger partial charge >= 0.3 is 0 Å². The van der Waals surface area contributed by atoms with Gasteiger partial charge in [-0.05, 0) is 49.6 Å². The van der Waals surface area contributed by atoms with Gasteiger partial charge < -0.3 is 10.0 Å². The number of hydrogen-bond acceptors (Lipinski definition) is 4. The Balaban J connectivity index is 1.74. The Morgan fingerprint density at radius 3 is 2.42 bits per heavy atom. The molecule has 0 bridgehead atoms. The zero-order valence-electron chi connectivity index (χ0n) is 18.0. The Labute approximate surface area is 189 Å². The summed E-state index contributed by atoms with van der Waals surface area (Å²) in [4.78, 5) is 6.99. The molecule has 3 heterocycles. The van der Waals surface area contributed by atoms with Gasteiger partial charge in [0.15, 0.2) is 5.65 Å². The minimum Gasteiger partial charge on any atom is -0.394 e. The first-order valence-corrected chi connectivity index (χ1v) is 10.9. The lowest BCUT2D eigenvalue weighted by atomic mass is 10.0. The van der Waals surface area contributed by atoms with E-state index >= 15 is 0 Å². The van der Waals surface area contributed by atoms with E-state index in [9.17, 15) is 18.3 Å². The van der Waals surface area contributed by atoms with Crippen molar-refractivity contribution in [1.29, 1.82) is 0 Å². The van der Waals surface area contributed by atoms with Gasteiger partial charge in [-0.1, -0.05) is 24.3 Å². The zero-order valence-corrected chi connectivity index (χ0v) is 18.0. The Kier molecular flexibility index (Phi) is 5.54. The normalized spacial score (nSPS) is 16.3. The van der Waals surface area contributed by atoms with E-state index in [1.165, 1.54) is 24.3 Å². The molecule has 5 rings (SSSR count). The quantitative estimate of drug-likeness (QED) is 0.440. The van der Waals surface area contributed by atoms with Crippen molar-refractivity contribution in [2.24, 2.45) is 0 Å². The van der Waals surface area contributed by atoms with E-state index in [1.807, 2.05) is 13.0 Å². The average molecular weight is 452 g/mol. The number of fused-ring (bicyclic) bond motifs is 1. The number of alkyl halides is 2. The molecule has 4 aromatic rings. The van der Waals surface area contributed by atoms with Crippen LogP contribution in [0, 0.1) is 12.7 Å². The molecule has 2 aromatic heterocycles. The molecule has 1 aliphatic rings. The monoisotopic (exact) mass is 452 g/mol. The van der Waals surface area contributed by atoms with Gasteiger partial charge in [0.25, 0.3) is 6.43 Å². The van der Waals surface area contributed by atoms with E-state index in [2.05, 4.69) is 4.90 Å². The molecule has 1 aliphatic heterocycles. The molecule has 0 saturated carbocycles. The van der Waals surface area contributed by atoms with Crippen LogP contribution < -0.4 is 4.90 Å². The van der Waals surface area contributed by atoms with Crippen LogP contribution in [-0.4, -0.2) is 38.9 Å². The van der Waals surface area contributed by atoms with Crippen LogP contribution in [0.15, 0.2) is 54.6 Å². The zero-order chi connectivity index (χ0) is 23.1. The molecule has 8 heteroatoms. The fourth-order valence-electron chi connectivity index (χ4n) is 4.54. The smallest absolute Gasteiger partial charge is 0.263 e. The van der Waals surface area contributed by atoms with Crippen LogP contribution in [0.5, 0.6) is 0 Å². The second-order valence-electron chi connectivity index (χ2n) is 8.30. The molecule has 0 radical (unpaired) electrons. The number of nitrogens with zero attached hydrogens (tertiary/aromatic N) is 4. The van der Waals surface area contributed by atoms with Crippen molar-refractivity contribution in [3.05, 3.63) is 71.7 Å². The minimum absolute atomic E-state index is 0.0268. The summed E-state index contributed by atoms with van der Waals surface area (Å²) in [6.07, 6.45) is -0.718. The minimum atomic E-state index is -2.54. The van der Waals surface area contributed by atoms with Gasteiger partial charge in [-0.25, -0.2) is 22.7 Å². The molecule has 0 aliphatic carbocycles. The fourth-order valence-corrected chi connectivity index (χ4v) is 4.54. The van der Waals surface area contributed by atoms with E-state index in [0.717, 1.165) is 41.8 Å². The standard InChI is InChI=1S/C25H23F3N4O/c1-15-23(17-4-6-18(7-5-17)24(27)28)25-29-22(31-12-2-3-20(31)14-33)13-21(32(25)30-15)16-8-10-19(26)11-9-16/h4-11,13,20,24,33H,2-3,12,14H2,1H3. The lowest BCUT2D eigenvalue weighted by Crippen LogP contribution is -2.32. The number of aliphatic hydroxyl groups is 1. The van der Waals surface area contributed by atoms with Crippen LogP contribution in [-0.2, 0) is 0 Å². The van der Waals surface area contributed by atoms with Crippen LogP contribution >= 0.6 is 0 Å². The fraction of sp³-hybridized carbons (Fsp3) is 0.280. The maximum absolute atomic E-state index is 13.6. The summed E-state index contributed by atoms with van der Waals surface area (Å²) in [6.45, 7) is 2.65. The van der Waals surface area contributed by atoms with E-state index in [0.29, 0.717) is 17.2 Å². The lowest BCUT2D eigenvalue weighted by Gasteiger charge is -2.25. The highest BCUT2D eigenvalue weighted by Crippen LogP contribution is 2.35. The number of hydrogen-bond donors (Lipinski definition) is 1. The lowest BCUT2D eigenvalue weighted by molar-refractivity contribution is 0.151. The Hall–Kier alpha value is -3.39. The first-order chi connectivity index (χ1) is 16.0. The van der Waals surface area contributed by atoms with Crippen LogP contribution in [0.2, 0.25) is 0 Å². The Morgan fingerprint density at radius 2 is 1.76 bits per heavy atom. The summed E-state index contributed by atoms with van der Waals surface area (Å²) >= 11 is 0. The van der Waals surface area contributed by atoms with Crippen molar-refractivity contribution >= 4 is 11.5 Å². The van der Waals surface area contributed by atoms with Crippen molar-refractivity contribution in [2.45, 2.75) is 32.2 Å². The third-order valence-corrected chi connectivity index (χ3v) is 6.22. The Bertz CT molecular complexity index is 1290. The van der Waals surface area contributed by atoms with Gasteiger partial charge in [-0.2, -0.15) is 5.10 Å². The second kappa shape index (κ2) is 8.51. The largest absolute Gasteiger partial charge is 0.394 e. The number of anilines is 1. The molecule has 1 N–H and O–H groups in total. The molecule has 0 amide bonds. The predicted octanol–water partition coefficient (Wildman–Crippen LogP) is 5.41. The first kappa shape index (κ1) is 21.5. The molecule has 1 unspecified atom stereocenters. The Morgan fingerprint density at radius 1 is 1.06 bits per heavy atom. The topological polar surface area (TPSA) is 53.7 Å². The SMILES string of the molecule is Cc1nn2c(-c3ccc(F)cc3)cc(N3CCCC3CO)nc2c1-c1ccc(C(F)F)cc1. The summed E-state index contributed by atoms with van der Waals surface area (Å²) in [5.41, 5.74) is 4.23. The van der Waals surface area contributed by atoms with E-state index in [4.69, 9.17) is 10.1 Å². The highest BCUT2D eigenvalue weighted by Gasteiger charge is 2.27. The van der Waals surface area contributed by atoms with Crippen LogP contribution in [0.3, 0.4) is 0 Å².